The molecule has 2 atom stereocenters. The Kier molecular flexibility index (Phi) is 13.5. The zero-order chi connectivity index (χ0) is 22.7. The van der Waals surface area contributed by atoms with Crippen LogP contribution in [-0.4, -0.2) is 68.6 Å². The molecule has 1 aliphatic heterocycles. The fourth-order valence-corrected chi connectivity index (χ4v) is 3.51. The number of hydrogen-bond donors (Lipinski definition) is 2. The van der Waals surface area contributed by atoms with Crippen molar-refractivity contribution in [2.75, 3.05) is 39.3 Å². The molecule has 10 heteroatoms. The summed E-state index contributed by atoms with van der Waals surface area (Å²) in [6.45, 7) is 9.96. The first-order chi connectivity index (χ1) is 14.7. The van der Waals surface area contributed by atoms with Gasteiger partial charge in [0.25, 0.3) is 0 Å². The fourth-order valence-electron chi connectivity index (χ4n) is 3.51. The predicted molar refractivity (Wildman–Crippen MR) is 131 cm³/mol. The summed E-state index contributed by atoms with van der Waals surface area (Å²) >= 11 is 0. The highest BCUT2D eigenvalue weighted by atomic mass is 127. The molecule has 1 heterocycles. The van der Waals surface area contributed by atoms with Crippen LogP contribution in [0.1, 0.15) is 38.3 Å². The highest BCUT2D eigenvalue weighted by Crippen LogP contribution is 2.16. The second-order valence-corrected chi connectivity index (χ2v) is 7.92. The first-order valence-electron chi connectivity index (χ1n) is 10.9. The Labute approximate surface area is 206 Å². The van der Waals surface area contributed by atoms with Gasteiger partial charge in [-0.15, -0.1) is 24.0 Å². The van der Waals surface area contributed by atoms with Crippen LogP contribution in [0.3, 0.4) is 0 Å². The molecule has 0 aliphatic carbocycles. The van der Waals surface area contributed by atoms with E-state index in [2.05, 4.69) is 39.1 Å². The summed E-state index contributed by atoms with van der Waals surface area (Å²) in [7, 11) is 0. The molecule has 1 fully saturated rings. The van der Waals surface area contributed by atoms with E-state index in [9.17, 15) is 13.2 Å². The quantitative estimate of drug-likeness (QED) is 0.193. The maximum absolute atomic E-state index is 12.1. The fraction of sp³-hybridized carbons (Fsp3) is 0.682. The number of nitrogens with one attached hydrogen (secondary N) is 2. The number of alkyl halides is 3. The molecule has 1 aromatic carbocycles. The summed E-state index contributed by atoms with van der Waals surface area (Å²) in [6, 6.07) is 7.26. The van der Waals surface area contributed by atoms with Crippen molar-refractivity contribution < 1.29 is 22.6 Å². The van der Waals surface area contributed by atoms with Gasteiger partial charge in [-0.25, -0.2) is 4.99 Å². The Balaban J connectivity index is 0.00000512. The first-order valence-corrected chi connectivity index (χ1v) is 10.9. The zero-order valence-corrected chi connectivity index (χ0v) is 21.4. The smallest absolute Gasteiger partial charge is 0.373 e. The first kappa shape index (κ1) is 28.9. The summed E-state index contributed by atoms with van der Waals surface area (Å²) in [6.07, 6.45) is -2.74. The summed E-state index contributed by atoms with van der Waals surface area (Å²) in [4.78, 5) is 7.03. The number of hydrogen-bond acceptors (Lipinski definition) is 4. The van der Waals surface area contributed by atoms with Crippen molar-refractivity contribution in [2.24, 2.45) is 4.99 Å². The van der Waals surface area contributed by atoms with Crippen LogP contribution in [0.25, 0.3) is 0 Å². The molecule has 1 saturated heterocycles. The Hall–Kier alpha value is -1.11. The van der Waals surface area contributed by atoms with E-state index in [0.29, 0.717) is 12.1 Å². The third-order valence-corrected chi connectivity index (χ3v) is 4.76. The molecule has 0 spiro atoms. The molecular formula is C22H36F3IN4O2. The number of rotatable bonds is 10. The second kappa shape index (κ2) is 14.9. The Morgan fingerprint density at radius 1 is 1.12 bits per heavy atom. The van der Waals surface area contributed by atoms with Crippen molar-refractivity contribution in [3.8, 4) is 0 Å². The normalized spacial score (nSPS) is 20.0. The van der Waals surface area contributed by atoms with Crippen molar-refractivity contribution >= 4 is 29.9 Å². The van der Waals surface area contributed by atoms with Crippen molar-refractivity contribution in [1.29, 1.82) is 0 Å². The predicted octanol–water partition coefficient (Wildman–Crippen LogP) is 3.94. The Bertz CT molecular complexity index is 664. The van der Waals surface area contributed by atoms with Gasteiger partial charge in [0.15, 0.2) is 5.96 Å². The lowest BCUT2D eigenvalue weighted by molar-refractivity contribution is -0.176. The molecule has 32 heavy (non-hydrogen) atoms. The number of aliphatic imine (C=N–C) groups is 1. The molecule has 0 bridgehead atoms. The van der Waals surface area contributed by atoms with Crippen LogP contribution in [0.5, 0.6) is 0 Å². The summed E-state index contributed by atoms with van der Waals surface area (Å²) < 4.78 is 46.9. The zero-order valence-electron chi connectivity index (χ0n) is 19.1. The van der Waals surface area contributed by atoms with Gasteiger partial charge in [-0.2, -0.15) is 13.2 Å². The van der Waals surface area contributed by atoms with E-state index in [4.69, 9.17) is 4.74 Å². The van der Waals surface area contributed by atoms with Gasteiger partial charge < -0.3 is 20.1 Å². The summed E-state index contributed by atoms with van der Waals surface area (Å²) in [5, 5.41) is 6.60. The van der Waals surface area contributed by atoms with Crippen LogP contribution in [0, 0.1) is 0 Å². The summed E-state index contributed by atoms with van der Waals surface area (Å²) in [5.41, 5.74) is 1.68. The van der Waals surface area contributed by atoms with E-state index in [1.54, 1.807) is 12.1 Å². The van der Waals surface area contributed by atoms with E-state index < -0.39 is 12.8 Å². The van der Waals surface area contributed by atoms with Crippen LogP contribution < -0.4 is 10.6 Å². The van der Waals surface area contributed by atoms with Gasteiger partial charge in [0.2, 0.25) is 0 Å². The SMILES string of the molecule is CCNC(=NCc1ccc(COCC(F)(F)F)cc1)NCCCN1CC(C)OC(C)C1.I. The van der Waals surface area contributed by atoms with Gasteiger partial charge in [0.1, 0.15) is 6.61 Å². The molecule has 6 nitrogen and oxygen atoms in total. The van der Waals surface area contributed by atoms with Crippen molar-refractivity contribution in [1.82, 2.24) is 15.5 Å². The molecule has 2 unspecified atom stereocenters. The van der Waals surface area contributed by atoms with Crippen LogP contribution in [0.2, 0.25) is 0 Å². The number of halogens is 4. The molecule has 0 radical (unpaired) electrons. The lowest BCUT2D eigenvalue weighted by Gasteiger charge is -2.35. The highest BCUT2D eigenvalue weighted by molar-refractivity contribution is 14.0. The van der Waals surface area contributed by atoms with Gasteiger partial charge in [0, 0.05) is 32.7 Å². The highest BCUT2D eigenvalue weighted by Gasteiger charge is 2.27. The lowest BCUT2D eigenvalue weighted by atomic mass is 10.1. The molecule has 0 saturated carbocycles. The Morgan fingerprint density at radius 2 is 1.75 bits per heavy atom. The molecule has 1 aliphatic rings. The molecule has 1 aromatic rings. The third-order valence-electron chi connectivity index (χ3n) is 4.76. The molecule has 2 rings (SSSR count). The minimum absolute atomic E-state index is 0. The monoisotopic (exact) mass is 572 g/mol. The van der Waals surface area contributed by atoms with Gasteiger partial charge in [-0.3, -0.25) is 4.90 Å². The van der Waals surface area contributed by atoms with Gasteiger partial charge in [0.05, 0.1) is 25.4 Å². The molecular weight excluding hydrogens is 536 g/mol. The summed E-state index contributed by atoms with van der Waals surface area (Å²) in [5.74, 6) is 0.754. The molecule has 184 valence electrons. The minimum atomic E-state index is -4.30. The van der Waals surface area contributed by atoms with Gasteiger partial charge in [-0.05, 0) is 38.3 Å². The van der Waals surface area contributed by atoms with E-state index in [1.807, 2.05) is 19.1 Å². The number of benzene rings is 1. The molecule has 0 amide bonds. The minimum Gasteiger partial charge on any atom is -0.373 e. The van der Waals surface area contributed by atoms with Crippen LogP contribution >= 0.6 is 24.0 Å². The molecule has 2 N–H and O–H groups in total. The topological polar surface area (TPSA) is 58.1 Å². The van der Waals surface area contributed by atoms with E-state index in [-0.39, 0.29) is 42.8 Å². The van der Waals surface area contributed by atoms with Crippen LogP contribution in [0.4, 0.5) is 13.2 Å². The second-order valence-electron chi connectivity index (χ2n) is 7.92. The average Bonchev–Trinajstić information content (AvgIpc) is 2.68. The van der Waals surface area contributed by atoms with Crippen molar-refractivity contribution in [3.63, 3.8) is 0 Å². The number of morpholine rings is 1. The van der Waals surface area contributed by atoms with E-state index >= 15 is 0 Å². The van der Waals surface area contributed by atoms with Crippen molar-refractivity contribution in [3.05, 3.63) is 35.4 Å². The van der Waals surface area contributed by atoms with Gasteiger partial charge >= 0.3 is 6.18 Å². The van der Waals surface area contributed by atoms with Crippen LogP contribution in [0.15, 0.2) is 29.3 Å². The standard InChI is InChI=1S/C22H35F3N4O2.HI/c1-4-26-21(27-10-5-11-29-13-17(2)31-18(3)14-29)28-12-19-6-8-20(9-7-19)15-30-16-22(23,24)25;/h6-9,17-18H,4-5,10-16H2,1-3H3,(H2,26,27,28);1H. The van der Waals surface area contributed by atoms with Crippen molar-refractivity contribution in [2.45, 2.75) is 58.7 Å². The third kappa shape index (κ3) is 12.2. The lowest BCUT2D eigenvalue weighted by Crippen LogP contribution is -2.46. The van der Waals surface area contributed by atoms with Crippen LogP contribution in [-0.2, 0) is 22.6 Å². The number of ether oxygens (including phenoxy) is 2. The maximum atomic E-state index is 12.1. The average molecular weight is 572 g/mol. The van der Waals surface area contributed by atoms with E-state index in [1.165, 1.54) is 0 Å². The number of nitrogens with zero attached hydrogens (tertiary/aromatic N) is 2. The number of guanidine groups is 1. The molecule has 0 aromatic heterocycles. The maximum Gasteiger partial charge on any atom is 0.411 e. The largest absolute Gasteiger partial charge is 0.411 e. The van der Waals surface area contributed by atoms with Gasteiger partial charge in [-0.1, -0.05) is 24.3 Å². The van der Waals surface area contributed by atoms with E-state index in [0.717, 1.165) is 50.7 Å². The Morgan fingerprint density at radius 3 is 2.34 bits per heavy atom.